The number of aryl methyl sites for hydroxylation is 1. The number of halogens is 1. The molecule has 1 fully saturated rings. The molecule has 1 aliphatic heterocycles. The van der Waals surface area contributed by atoms with Gasteiger partial charge in [-0.05, 0) is 72.7 Å². The lowest BCUT2D eigenvalue weighted by Crippen LogP contribution is -2.46. The molecule has 1 aliphatic carbocycles. The minimum absolute atomic E-state index is 0.117. The Morgan fingerprint density at radius 3 is 2.63 bits per heavy atom. The van der Waals surface area contributed by atoms with Crippen molar-refractivity contribution in [3.8, 4) is 11.1 Å². The molecular formula is C32H33FN6O3S. The van der Waals surface area contributed by atoms with Gasteiger partial charge in [0.15, 0.2) is 0 Å². The summed E-state index contributed by atoms with van der Waals surface area (Å²) in [6.45, 7) is 2.73. The Morgan fingerprint density at radius 1 is 1.02 bits per heavy atom. The van der Waals surface area contributed by atoms with Crippen molar-refractivity contribution >= 4 is 39.1 Å². The van der Waals surface area contributed by atoms with Crippen molar-refractivity contribution < 1.29 is 17.6 Å². The molecule has 11 heteroatoms. The second-order valence-electron chi connectivity index (χ2n) is 10.9. The average Bonchev–Trinajstić information content (AvgIpc) is 2.98. The van der Waals surface area contributed by atoms with Crippen molar-refractivity contribution in [2.45, 2.75) is 49.3 Å². The van der Waals surface area contributed by atoms with E-state index in [1.54, 1.807) is 30.5 Å². The van der Waals surface area contributed by atoms with E-state index in [4.69, 9.17) is 0 Å². The molecule has 0 saturated heterocycles. The molecule has 1 amide bonds. The number of nitrogens with one attached hydrogen (secondary N) is 4. The van der Waals surface area contributed by atoms with Crippen LogP contribution in [-0.4, -0.2) is 37.4 Å². The summed E-state index contributed by atoms with van der Waals surface area (Å²) < 4.78 is 43.4. The fourth-order valence-electron chi connectivity index (χ4n) is 5.54. The number of carbonyl (C=O) groups is 1. The summed E-state index contributed by atoms with van der Waals surface area (Å²) in [5, 5.41) is 9.14. The highest BCUT2D eigenvalue weighted by Crippen LogP contribution is 2.45. The lowest BCUT2D eigenvalue weighted by atomic mass is 9.63. The Balaban J connectivity index is 1.26. The zero-order valence-corrected chi connectivity index (χ0v) is 24.6. The van der Waals surface area contributed by atoms with Crippen LogP contribution < -0.4 is 20.7 Å². The number of hydrogen-bond donors (Lipinski definition) is 4. The van der Waals surface area contributed by atoms with Gasteiger partial charge in [0.05, 0.1) is 16.0 Å². The molecule has 0 spiro atoms. The Labute approximate surface area is 250 Å². The number of hydrogen-bond acceptors (Lipinski definition) is 7. The molecule has 2 aliphatic rings. The van der Waals surface area contributed by atoms with Crippen molar-refractivity contribution in [2.24, 2.45) is 0 Å². The van der Waals surface area contributed by atoms with E-state index in [9.17, 15) is 13.2 Å². The van der Waals surface area contributed by atoms with Gasteiger partial charge in [0.2, 0.25) is 21.9 Å². The van der Waals surface area contributed by atoms with Crippen LogP contribution in [0.4, 0.5) is 27.5 Å². The SMILES string of the molecule is CCc1cccc(C2(C(=O)Nc3ccc(-c4cnc5nc4NCCCNS(=O)(=O)c4cccc(c4)N5)cc3F)CCC2)c1. The highest BCUT2D eigenvalue weighted by Gasteiger charge is 2.45. The van der Waals surface area contributed by atoms with Gasteiger partial charge in [-0.3, -0.25) is 4.79 Å². The lowest BCUT2D eigenvalue weighted by Gasteiger charge is -2.41. The summed E-state index contributed by atoms with van der Waals surface area (Å²) in [5.41, 5.74) is 3.22. The third-order valence-electron chi connectivity index (χ3n) is 8.19. The van der Waals surface area contributed by atoms with Gasteiger partial charge in [-0.1, -0.05) is 49.7 Å². The molecule has 0 radical (unpaired) electrons. The Morgan fingerprint density at radius 2 is 1.86 bits per heavy atom. The highest BCUT2D eigenvalue weighted by atomic mass is 32.2. The molecule has 0 atom stereocenters. The van der Waals surface area contributed by atoms with Crippen molar-refractivity contribution in [1.82, 2.24) is 14.7 Å². The second-order valence-corrected chi connectivity index (χ2v) is 12.7. The second kappa shape index (κ2) is 11.7. The molecule has 4 aromatic rings. The van der Waals surface area contributed by atoms with E-state index in [-0.39, 0.29) is 29.0 Å². The molecule has 2 heterocycles. The Bertz CT molecular complexity index is 1790. The van der Waals surface area contributed by atoms with Gasteiger partial charge in [-0.2, -0.15) is 4.98 Å². The van der Waals surface area contributed by atoms with Gasteiger partial charge in [-0.25, -0.2) is 22.5 Å². The summed E-state index contributed by atoms with van der Waals surface area (Å²) in [7, 11) is -3.66. The van der Waals surface area contributed by atoms with Crippen molar-refractivity contribution in [2.75, 3.05) is 29.0 Å². The molecule has 1 saturated carbocycles. The number of fused-ring (bicyclic) bond motifs is 4. The molecule has 4 bridgehead atoms. The summed E-state index contributed by atoms with van der Waals surface area (Å²) >= 11 is 0. The first kappa shape index (κ1) is 28.8. The van der Waals surface area contributed by atoms with E-state index in [2.05, 4.69) is 49.7 Å². The van der Waals surface area contributed by atoms with E-state index < -0.39 is 21.3 Å². The third kappa shape index (κ3) is 5.82. The van der Waals surface area contributed by atoms with Crippen LogP contribution in [0, 0.1) is 5.82 Å². The summed E-state index contributed by atoms with van der Waals surface area (Å²) in [6, 6.07) is 19.2. The molecule has 1 aromatic heterocycles. The predicted octanol–water partition coefficient (Wildman–Crippen LogP) is 5.74. The van der Waals surface area contributed by atoms with Crippen molar-refractivity contribution in [3.05, 3.63) is 89.9 Å². The lowest BCUT2D eigenvalue weighted by molar-refractivity contribution is -0.124. The third-order valence-corrected chi connectivity index (χ3v) is 9.64. The molecule has 43 heavy (non-hydrogen) atoms. The van der Waals surface area contributed by atoms with E-state index in [1.165, 1.54) is 23.8 Å². The molecule has 9 nitrogen and oxygen atoms in total. The number of anilines is 4. The summed E-state index contributed by atoms with van der Waals surface area (Å²) in [4.78, 5) is 22.7. The van der Waals surface area contributed by atoms with Crippen LogP contribution in [-0.2, 0) is 26.7 Å². The highest BCUT2D eigenvalue weighted by molar-refractivity contribution is 7.89. The van der Waals surface area contributed by atoms with Crippen molar-refractivity contribution in [1.29, 1.82) is 0 Å². The summed E-state index contributed by atoms with van der Waals surface area (Å²) in [5.74, 6) is -0.0313. The first-order chi connectivity index (χ1) is 20.8. The average molecular weight is 601 g/mol. The number of aromatic nitrogens is 2. The Kier molecular flexibility index (Phi) is 7.85. The fraction of sp³-hybridized carbons (Fsp3) is 0.281. The van der Waals surface area contributed by atoms with Gasteiger partial charge < -0.3 is 16.0 Å². The summed E-state index contributed by atoms with van der Waals surface area (Å²) in [6.07, 6.45) is 5.36. The topological polar surface area (TPSA) is 125 Å². The zero-order valence-electron chi connectivity index (χ0n) is 23.8. The molecule has 3 aromatic carbocycles. The minimum atomic E-state index is -3.66. The molecule has 6 rings (SSSR count). The monoisotopic (exact) mass is 600 g/mol. The van der Waals surface area contributed by atoms with Crippen LogP contribution in [0.25, 0.3) is 11.1 Å². The number of carbonyl (C=O) groups excluding carboxylic acids is 1. The Hall–Kier alpha value is -4.35. The van der Waals surface area contributed by atoms with Crippen LogP contribution in [0.3, 0.4) is 0 Å². The van der Waals surface area contributed by atoms with E-state index in [0.29, 0.717) is 35.6 Å². The fourth-order valence-corrected chi connectivity index (χ4v) is 6.65. The molecule has 0 unspecified atom stereocenters. The smallest absolute Gasteiger partial charge is 0.240 e. The molecular weight excluding hydrogens is 567 g/mol. The van der Waals surface area contributed by atoms with E-state index in [1.807, 2.05) is 12.1 Å². The zero-order chi connectivity index (χ0) is 30.0. The largest absolute Gasteiger partial charge is 0.369 e. The van der Waals surface area contributed by atoms with Crippen LogP contribution in [0.2, 0.25) is 0 Å². The van der Waals surface area contributed by atoms with Gasteiger partial charge in [-0.15, -0.1) is 0 Å². The first-order valence-electron chi connectivity index (χ1n) is 14.5. The van der Waals surface area contributed by atoms with Crippen molar-refractivity contribution in [3.63, 3.8) is 0 Å². The number of nitrogens with zero attached hydrogens (tertiary/aromatic N) is 2. The number of rotatable bonds is 5. The van der Waals surface area contributed by atoms with Gasteiger partial charge in [0, 0.05) is 30.5 Å². The quantitative estimate of drug-likeness (QED) is 0.230. The minimum Gasteiger partial charge on any atom is -0.369 e. The molecule has 4 N–H and O–H groups in total. The normalized spacial score (nSPS) is 17.1. The predicted molar refractivity (Wildman–Crippen MR) is 165 cm³/mol. The number of amides is 1. The van der Waals surface area contributed by atoms with Gasteiger partial charge in [0.1, 0.15) is 11.6 Å². The standard InChI is InChI=1S/C32H33FN6O3S/c1-2-21-7-3-8-23(17-21)32(13-5-14-32)30(40)38-28-12-11-22(18-27(28)33)26-20-35-31-37-24-9-4-10-25(19-24)43(41,42)36-16-6-15-34-29(26)39-31/h3-4,7-12,17-20,36H,2,5-6,13-16H2,1H3,(H,38,40)(H2,34,35,37,39). The van der Waals surface area contributed by atoms with Gasteiger partial charge >= 0.3 is 0 Å². The first-order valence-corrected chi connectivity index (χ1v) is 15.9. The van der Waals surface area contributed by atoms with Crippen LogP contribution >= 0.6 is 0 Å². The van der Waals surface area contributed by atoms with Gasteiger partial charge in [0.25, 0.3) is 0 Å². The number of sulfonamides is 1. The van der Waals surface area contributed by atoms with E-state index in [0.717, 1.165) is 31.2 Å². The maximum atomic E-state index is 15.5. The van der Waals surface area contributed by atoms with Crippen LogP contribution in [0.15, 0.2) is 77.8 Å². The maximum absolute atomic E-state index is 15.5. The maximum Gasteiger partial charge on any atom is 0.240 e. The molecule has 222 valence electrons. The van der Waals surface area contributed by atoms with E-state index >= 15 is 4.39 Å². The van der Waals surface area contributed by atoms with Crippen LogP contribution in [0.5, 0.6) is 0 Å². The number of benzene rings is 3. The van der Waals surface area contributed by atoms with Crippen LogP contribution in [0.1, 0.15) is 43.7 Å².